The van der Waals surface area contributed by atoms with Crippen LogP contribution in [0.15, 0.2) is 61.3 Å². The van der Waals surface area contributed by atoms with Gasteiger partial charge in [-0.2, -0.15) is 0 Å². The van der Waals surface area contributed by atoms with Crippen LogP contribution < -0.4 is 5.73 Å². The van der Waals surface area contributed by atoms with E-state index in [-0.39, 0.29) is 19.4 Å². The number of carboxylic acids is 1. The number of nitrogens with two attached hydrogens (primary N) is 1. The minimum absolute atomic E-state index is 0.132. The largest absolute Gasteiger partial charge is 0.480 e. The lowest BCUT2D eigenvalue weighted by molar-refractivity contribution is -0.161. The molecule has 0 aliphatic carbocycles. The van der Waals surface area contributed by atoms with Crippen molar-refractivity contribution in [3.63, 3.8) is 0 Å². The molecule has 0 amide bonds. The van der Waals surface area contributed by atoms with Crippen LogP contribution in [0.4, 0.5) is 0 Å². The smallest absolute Gasteiger partial charge is 0.472 e. The first-order chi connectivity index (χ1) is 26.1. The minimum Gasteiger partial charge on any atom is -0.480 e. The minimum atomic E-state index is -4.72. The number of hydrogen-bond donors (Lipinski definition) is 3. The van der Waals surface area contributed by atoms with Gasteiger partial charge in [0, 0.05) is 12.8 Å². The molecule has 0 fully saturated rings. The highest BCUT2D eigenvalue weighted by Crippen LogP contribution is 2.43. The molecule has 0 radical (unpaired) electrons. The average Bonchev–Trinajstić information content (AvgIpc) is 3.14. The number of aliphatic carboxylic acids is 1. The van der Waals surface area contributed by atoms with Gasteiger partial charge in [-0.15, -0.1) is 6.58 Å². The van der Waals surface area contributed by atoms with Crippen molar-refractivity contribution in [1.82, 2.24) is 0 Å². The Morgan fingerprint density at radius 1 is 0.630 bits per heavy atom. The standard InChI is InChI=1S/C42H72NO10P/c1-3-5-7-9-11-13-15-17-19-21-23-25-27-29-31-33-40(44)50-35-38(36-51-54(48,49)52-37-39(43)42(46)47)53-41(45)34-32-30-28-26-24-22-20-18-16-14-12-10-8-6-4-2/h3,6,8,10,12,14,16,18,20,38-39H,1,4-5,7,9,11,13,15,17,19,21-37,43H2,2H3,(H,46,47)(H,48,49)/b8-6+,12-10+,16-14+,20-18+/t38-,39+/m1/s1. The molecule has 0 saturated carbocycles. The quantitative estimate of drug-likeness (QED) is 0.0179. The van der Waals surface area contributed by atoms with Crippen molar-refractivity contribution >= 4 is 25.7 Å². The molecule has 1 unspecified atom stereocenters. The van der Waals surface area contributed by atoms with Crippen LogP contribution in [0.2, 0.25) is 0 Å². The van der Waals surface area contributed by atoms with Gasteiger partial charge in [-0.25, -0.2) is 4.57 Å². The summed E-state index contributed by atoms with van der Waals surface area (Å²) in [5, 5.41) is 8.87. The number of ether oxygens (including phenoxy) is 2. The highest BCUT2D eigenvalue weighted by molar-refractivity contribution is 7.47. The van der Waals surface area contributed by atoms with Crippen LogP contribution in [0.5, 0.6) is 0 Å². The fourth-order valence-electron chi connectivity index (χ4n) is 5.29. The van der Waals surface area contributed by atoms with Crippen molar-refractivity contribution in [3.05, 3.63) is 61.3 Å². The van der Waals surface area contributed by atoms with E-state index in [0.717, 1.165) is 64.2 Å². The molecule has 0 spiro atoms. The van der Waals surface area contributed by atoms with Gasteiger partial charge in [0.1, 0.15) is 12.6 Å². The summed E-state index contributed by atoms with van der Waals surface area (Å²) >= 11 is 0. The molecule has 4 N–H and O–H groups in total. The summed E-state index contributed by atoms with van der Waals surface area (Å²) in [5.74, 6) is -2.42. The molecule has 0 aromatic heterocycles. The van der Waals surface area contributed by atoms with Crippen molar-refractivity contribution in [1.29, 1.82) is 0 Å². The summed E-state index contributed by atoms with van der Waals surface area (Å²) in [6, 6.07) is -1.53. The molecule has 12 heteroatoms. The fraction of sp³-hybridized carbons (Fsp3) is 0.690. The Labute approximate surface area is 326 Å². The molecular weight excluding hydrogens is 709 g/mol. The molecule has 11 nitrogen and oxygen atoms in total. The van der Waals surface area contributed by atoms with Crippen LogP contribution in [0.25, 0.3) is 0 Å². The Balaban J connectivity index is 4.43. The normalized spacial score (nSPS) is 14.2. The summed E-state index contributed by atoms with van der Waals surface area (Å²) in [6.07, 6.45) is 40.3. The molecule has 0 aromatic rings. The first-order valence-corrected chi connectivity index (χ1v) is 21.8. The number of rotatable bonds is 38. The van der Waals surface area contributed by atoms with E-state index >= 15 is 0 Å². The zero-order chi connectivity index (χ0) is 40.0. The summed E-state index contributed by atoms with van der Waals surface area (Å²) in [7, 11) is -4.72. The first-order valence-electron chi connectivity index (χ1n) is 20.3. The lowest BCUT2D eigenvalue weighted by Crippen LogP contribution is -2.34. The van der Waals surface area contributed by atoms with E-state index in [4.69, 9.17) is 24.8 Å². The van der Waals surface area contributed by atoms with Crippen LogP contribution in [0.3, 0.4) is 0 Å². The van der Waals surface area contributed by atoms with Gasteiger partial charge in [0.25, 0.3) is 0 Å². The van der Waals surface area contributed by atoms with Crippen molar-refractivity contribution < 1.29 is 47.5 Å². The van der Waals surface area contributed by atoms with Gasteiger partial charge in [-0.05, 0) is 44.9 Å². The molecule has 310 valence electrons. The number of phosphoric acid groups is 1. The monoisotopic (exact) mass is 781 g/mol. The van der Waals surface area contributed by atoms with Crippen molar-refractivity contribution in [3.8, 4) is 0 Å². The molecule has 0 heterocycles. The molecule has 0 aliphatic rings. The summed E-state index contributed by atoms with van der Waals surface area (Å²) in [6.45, 7) is 4.14. The predicted octanol–water partition coefficient (Wildman–Crippen LogP) is 10.4. The Bertz CT molecular complexity index is 1140. The second-order valence-electron chi connectivity index (χ2n) is 13.6. The Morgan fingerprint density at radius 2 is 1.07 bits per heavy atom. The second-order valence-corrected chi connectivity index (χ2v) is 15.0. The second kappa shape index (κ2) is 37.1. The van der Waals surface area contributed by atoms with E-state index in [1.54, 1.807) is 0 Å². The molecule has 0 aromatic carbocycles. The lowest BCUT2D eigenvalue weighted by Gasteiger charge is -2.20. The third-order valence-electron chi connectivity index (χ3n) is 8.49. The molecule has 54 heavy (non-hydrogen) atoms. The van der Waals surface area contributed by atoms with E-state index in [9.17, 15) is 23.8 Å². The molecule has 0 rings (SSSR count). The van der Waals surface area contributed by atoms with E-state index in [0.29, 0.717) is 12.8 Å². The van der Waals surface area contributed by atoms with Crippen molar-refractivity contribution in [2.75, 3.05) is 19.8 Å². The van der Waals surface area contributed by atoms with Crippen LogP contribution in [-0.2, 0) is 37.5 Å². The van der Waals surface area contributed by atoms with E-state index < -0.39 is 51.1 Å². The SMILES string of the molecule is C=CCCCCCCCCCCCCCCCC(=O)OC[C@H](COP(=O)(O)OC[C@H](N)C(=O)O)OC(=O)CCCCCCC/C=C/C=C/C=C/C=C/CC. The number of phosphoric ester groups is 1. The van der Waals surface area contributed by atoms with Gasteiger partial charge in [-0.1, -0.05) is 151 Å². The molecule has 0 aliphatic heterocycles. The average molecular weight is 782 g/mol. The van der Waals surface area contributed by atoms with Crippen LogP contribution in [-0.4, -0.2) is 59.9 Å². The number of unbranched alkanes of at least 4 members (excludes halogenated alkanes) is 18. The van der Waals surface area contributed by atoms with Crippen molar-refractivity contribution in [2.24, 2.45) is 5.73 Å². The van der Waals surface area contributed by atoms with Crippen LogP contribution in [0.1, 0.15) is 155 Å². The van der Waals surface area contributed by atoms with Crippen molar-refractivity contribution in [2.45, 2.75) is 167 Å². The maximum Gasteiger partial charge on any atom is 0.472 e. The summed E-state index contributed by atoms with van der Waals surface area (Å²) in [5.41, 5.74) is 5.32. The Kier molecular flexibility index (Phi) is 35.2. The Hall–Kier alpha value is -2.82. The third kappa shape index (κ3) is 36.2. The fourth-order valence-corrected chi connectivity index (χ4v) is 6.07. The predicted molar refractivity (Wildman–Crippen MR) is 217 cm³/mol. The van der Waals surface area contributed by atoms with Crippen LogP contribution in [0, 0.1) is 0 Å². The summed E-state index contributed by atoms with van der Waals surface area (Å²) < 4.78 is 32.6. The van der Waals surface area contributed by atoms with Gasteiger partial charge in [0.15, 0.2) is 6.10 Å². The molecule has 3 atom stereocenters. The van der Waals surface area contributed by atoms with Gasteiger partial charge in [0.2, 0.25) is 0 Å². The highest BCUT2D eigenvalue weighted by Gasteiger charge is 2.28. The van der Waals surface area contributed by atoms with Gasteiger partial charge in [-0.3, -0.25) is 23.4 Å². The number of carbonyl (C=O) groups excluding carboxylic acids is 2. The zero-order valence-corrected chi connectivity index (χ0v) is 34.0. The number of carbonyl (C=O) groups is 3. The number of carboxylic acid groups (broad SMARTS) is 1. The van der Waals surface area contributed by atoms with Gasteiger partial charge >= 0.3 is 25.7 Å². The maximum atomic E-state index is 12.6. The zero-order valence-electron chi connectivity index (χ0n) is 33.1. The first kappa shape index (κ1) is 51.2. The lowest BCUT2D eigenvalue weighted by atomic mass is 10.0. The summed E-state index contributed by atoms with van der Waals surface area (Å²) in [4.78, 5) is 45.9. The van der Waals surface area contributed by atoms with E-state index in [1.165, 1.54) is 57.8 Å². The topological polar surface area (TPSA) is 172 Å². The molecule has 0 saturated heterocycles. The molecule has 0 bridgehead atoms. The number of allylic oxidation sites excluding steroid dienone is 9. The van der Waals surface area contributed by atoms with E-state index in [1.807, 2.05) is 42.5 Å². The van der Waals surface area contributed by atoms with Crippen LogP contribution >= 0.6 is 7.82 Å². The number of esters is 2. The molecular formula is C42H72NO10P. The van der Waals surface area contributed by atoms with Gasteiger partial charge < -0.3 is 25.2 Å². The maximum absolute atomic E-state index is 12.6. The van der Waals surface area contributed by atoms with Gasteiger partial charge in [0.05, 0.1) is 13.2 Å². The highest BCUT2D eigenvalue weighted by atomic mass is 31.2. The third-order valence-corrected chi connectivity index (χ3v) is 9.44. The van der Waals surface area contributed by atoms with E-state index in [2.05, 4.69) is 30.2 Å². The number of hydrogen-bond acceptors (Lipinski definition) is 9. The Morgan fingerprint density at radius 3 is 1.59 bits per heavy atom.